The molecule has 158 valence electrons. The van der Waals surface area contributed by atoms with E-state index in [4.69, 9.17) is 9.97 Å². The van der Waals surface area contributed by atoms with Gasteiger partial charge < -0.3 is 0 Å². The van der Waals surface area contributed by atoms with Gasteiger partial charge in [0.1, 0.15) is 5.54 Å². The fraction of sp³-hybridized carbons (Fsp3) is 0.214. The van der Waals surface area contributed by atoms with Crippen LogP contribution < -0.4 is 0 Å². The first-order valence-electron chi connectivity index (χ1n) is 11.0. The van der Waals surface area contributed by atoms with Crippen LogP contribution in [-0.2, 0) is 5.54 Å². The number of nitrogens with zero attached hydrogens (tertiary/aromatic N) is 5. The number of hydrogen-bond acceptors (Lipinski definition) is 5. The second-order valence-corrected chi connectivity index (χ2v) is 9.04. The Morgan fingerprint density at radius 1 is 0.879 bits per heavy atom. The molecule has 0 saturated carbocycles. The number of fused-ring (bicyclic) bond motifs is 6. The maximum atomic E-state index is 10.8. The third kappa shape index (κ3) is 2.27. The largest absolute Gasteiger partial charge is 0.289 e. The molecule has 0 bridgehead atoms. The second-order valence-electron chi connectivity index (χ2n) is 9.04. The molecular weight excluding hydrogens is 406 g/mol. The lowest BCUT2D eigenvalue weighted by Gasteiger charge is -2.40. The van der Waals surface area contributed by atoms with Gasteiger partial charge in [0.25, 0.3) is 0 Å². The molecule has 33 heavy (non-hydrogen) atoms. The Hall–Kier alpha value is -4.06. The molecule has 5 nitrogen and oxygen atoms in total. The predicted octanol–water partition coefficient (Wildman–Crippen LogP) is 4.92. The Bertz CT molecular complexity index is 1490. The van der Waals surface area contributed by atoms with E-state index >= 15 is 0 Å². The number of likely N-dealkylation sites (tertiary alicyclic amines) is 1. The van der Waals surface area contributed by atoms with Crippen molar-refractivity contribution in [2.75, 3.05) is 13.6 Å². The smallest absolute Gasteiger partial charge is 0.179 e. The molecule has 0 amide bonds. The highest BCUT2D eigenvalue weighted by molar-refractivity contribution is 5.85. The molecule has 2 atom stereocenters. The Kier molecular flexibility index (Phi) is 3.99. The molecule has 3 aromatic carbocycles. The molecule has 0 N–H and O–H groups in total. The first kappa shape index (κ1) is 19.6. The van der Waals surface area contributed by atoms with Crippen molar-refractivity contribution in [2.45, 2.75) is 18.4 Å². The van der Waals surface area contributed by atoms with Crippen LogP contribution >= 0.6 is 0 Å². The van der Waals surface area contributed by atoms with E-state index in [1.165, 1.54) is 0 Å². The van der Waals surface area contributed by atoms with E-state index in [9.17, 15) is 10.5 Å². The molecule has 0 unspecified atom stereocenters. The van der Waals surface area contributed by atoms with Crippen molar-refractivity contribution in [3.63, 3.8) is 0 Å². The van der Waals surface area contributed by atoms with Crippen molar-refractivity contribution in [3.8, 4) is 23.4 Å². The van der Waals surface area contributed by atoms with E-state index in [0.29, 0.717) is 12.2 Å². The zero-order valence-corrected chi connectivity index (χ0v) is 18.4. The van der Waals surface area contributed by atoms with Crippen LogP contribution in [-0.4, -0.2) is 28.5 Å². The lowest BCUT2D eigenvalue weighted by atomic mass is 9.62. The molecule has 0 radical (unpaired) electrons. The quantitative estimate of drug-likeness (QED) is 0.431. The maximum Gasteiger partial charge on any atom is 0.179 e. The molecule has 2 heterocycles. The summed E-state index contributed by atoms with van der Waals surface area (Å²) in [5.41, 5.74) is 4.63. The molecule has 1 spiro atoms. The minimum atomic E-state index is -1.38. The van der Waals surface area contributed by atoms with Crippen molar-refractivity contribution in [2.24, 2.45) is 5.41 Å². The number of para-hydroxylation sites is 2. The first-order valence-corrected chi connectivity index (χ1v) is 11.0. The average Bonchev–Trinajstić information content (AvgIpc) is 3.29. The topological polar surface area (TPSA) is 76.6 Å². The zero-order valence-electron chi connectivity index (χ0n) is 18.4. The van der Waals surface area contributed by atoms with Gasteiger partial charge in [0.05, 0.1) is 34.6 Å². The molecule has 1 aliphatic heterocycles. The number of benzene rings is 3. The first-order chi connectivity index (χ1) is 16.1. The van der Waals surface area contributed by atoms with E-state index < -0.39 is 11.0 Å². The number of nitriles is 2. The van der Waals surface area contributed by atoms with Crippen LogP contribution in [0.25, 0.3) is 22.3 Å². The minimum Gasteiger partial charge on any atom is -0.289 e. The van der Waals surface area contributed by atoms with Crippen LogP contribution in [0.15, 0.2) is 72.8 Å². The van der Waals surface area contributed by atoms with Crippen LogP contribution in [0, 0.1) is 35.0 Å². The van der Waals surface area contributed by atoms with E-state index in [-0.39, 0.29) is 5.92 Å². The lowest BCUT2D eigenvalue weighted by molar-refractivity contribution is 0.165. The normalized spacial score (nSPS) is 22.6. The Morgan fingerprint density at radius 3 is 2.21 bits per heavy atom. The third-order valence-electron chi connectivity index (χ3n) is 7.44. The molecular formula is C28H21N5. The minimum absolute atomic E-state index is 0.301. The summed E-state index contributed by atoms with van der Waals surface area (Å²) < 4.78 is 0. The van der Waals surface area contributed by atoms with Gasteiger partial charge in [0.15, 0.2) is 5.41 Å². The molecule has 1 fully saturated rings. The molecule has 1 aromatic heterocycles. The summed E-state index contributed by atoms with van der Waals surface area (Å²) in [6.07, 6.45) is 0. The van der Waals surface area contributed by atoms with Gasteiger partial charge in [-0.05, 0) is 37.2 Å². The number of rotatable bonds is 1. The number of likely N-dealkylation sites (N-methyl/N-ethyl adjacent to an activating group) is 1. The summed E-state index contributed by atoms with van der Waals surface area (Å²) in [6, 6.07) is 29.0. The van der Waals surface area contributed by atoms with Crippen LogP contribution in [0.2, 0.25) is 0 Å². The summed E-state index contributed by atoms with van der Waals surface area (Å²) in [5.74, 6) is -0.301. The summed E-state index contributed by atoms with van der Waals surface area (Å²) in [4.78, 5) is 12.2. The molecule has 2 aliphatic rings. The average molecular weight is 428 g/mol. The molecule has 6 rings (SSSR count). The highest BCUT2D eigenvalue weighted by atomic mass is 15.3. The van der Waals surface area contributed by atoms with Gasteiger partial charge >= 0.3 is 0 Å². The van der Waals surface area contributed by atoms with Crippen molar-refractivity contribution < 1.29 is 0 Å². The van der Waals surface area contributed by atoms with Gasteiger partial charge in [-0.1, -0.05) is 66.2 Å². The van der Waals surface area contributed by atoms with Crippen molar-refractivity contribution in [3.05, 3.63) is 95.2 Å². The fourth-order valence-corrected chi connectivity index (χ4v) is 5.96. The fourth-order valence-electron chi connectivity index (χ4n) is 5.96. The molecule has 1 aliphatic carbocycles. The van der Waals surface area contributed by atoms with Gasteiger partial charge in [-0.15, -0.1) is 0 Å². The zero-order chi connectivity index (χ0) is 22.8. The Morgan fingerprint density at radius 2 is 1.52 bits per heavy atom. The SMILES string of the molecule is Cc1ccc([C@H]2CN(C)[C@@]3(c4ccccc4-c4nc5ccccc5nc43)C2(C#N)C#N)cc1. The van der Waals surface area contributed by atoms with Crippen LogP contribution in [0.4, 0.5) is 0 Å². The van der Waals surface area contributed by atoms with E-state index in [1.54, 1.807) is 0 Å². The summed E-state index contributed by atoms with van der Waals surface area (Å²) in [7, 11) is 2.00. The number of aromatic nitrogens is 2. The predicted molar refractivity (Wildman–Crippen MR) is 126 cm³/mol. The van der Waals surface area contributed by atoms with Crippen LogP contribution in [0.3, 0.4) is 0 Å². The second kappa shape index (κ2) is 6.72. The summed E-state index contributed by atoms with van der Waals surface area (Å²) in [6.45, 7) is 2.60. The van der Waals surface area contributed by atoms with Gasteiger partial charge in [-0.25, -0.2) is 9.97 Å². The third-order valence-corrected chi connectivity index (χ3v) is 7.44. The highest BCUT2D eigenvalue weighted by Crippen LogP contribution is 2.65. The van der Waals surface area contributed by atoms with E-state index in [1.807, 2.05) is 86.8 Å². The summed E-state index contributed by atoms with van der Waals surface area (Å²) in [5, 5.41) is 21.5. The Balaban J connectivity index is 1.73. The van der Waals surface area contributed by atoms with Crippen molar-refractivity contribution >= 4 is 11.0 Å². The highest BCUT2D eigenvalue weighted by Gasteiger charge is 2.70. The lowest BCUT2D eigenvalue weighted by Crippen LogP contribution is -2.49. The van der Waals surface area contributed by atoms with Crippen LogP contribution in [0.1, 0.15) is 28.3 Å². The van der Waals surface area contributed by atoms with E-state index in [0.717, 1.165) is 39.0 Å². The van der Waals surface area contributed by atoms with Gasteiger partial charge in [-0.3, -0.25) is 4.90 Å². The van der Waals surface area contributed by atoms with Crippen molar-refractivity contribution in [1.82, 2.24) is 14.9 Å². The van der Waals surface area contributed by atoms with Gasteiger partial charge in [0.2, 0.25) is 0 Å². The molecule has 5 heteroatoms. The molecule has 1 saturated heterocycles. The van der Waals surface area contributed by atoms with Crippen LogP contribution in [0.5, 0.6) is 0 Å². The Labute approximate surface area is 192 Å². The number of hydrogen-bond donors (Lipinski definition) is 0. The molecule has 4 aromatic rings. The van der Waals surface area contributed by atoms with E-state index in [2.05, 4.69) is 17.0 Å². The number of aryl methyl sites for hydroxylation is 1. The monoisotopic (exact) mass is 427 g/mol. The van der Waals surface area contributed by atoms with Gasteiger partial charge in [0, 0.05) is 18.0 Å². The van der Waals surface area contributed by atoms with Crippen molar-refractivity contribution in [1.29, 1.82) is 10.5 Å². The maximum absolute atomic E-state index is 10.8. The standard InChI is InChI=1S/C28H21N5/c1-18-11-13-19(14-12-18)22-15-33(2)28(27(22,16-29)17-30)21-8-4-3-7-20(21)25-26(28)32-24-10-6-5-9-23(24)31-25/h3-14,22H,15H2,1-2H3/t22-,28-/m1/s1. The summed E-state index contributed by atoms with van der Waals surface area (Å²) >= 11 is 0. The van der Waals surface area contributed by atoms with Gasteiger partial charge in [-0.2, -0.15) is 10.5 Å².